The fourth-order valence-corrected chi connectivity index (χ4v) is 2.14. The molecule has 0 saturated carbocycles. The van der Waals surface area contributed by atoms with Crippen molar-refractivity contribution in [2.75, 3.05) is 6.61 Å². The summed E-state index contributed by atoms with van der Waals surface area (Å²) in [6, 6.07) is 6.69. The van der Waals surface area contributed by atoms with Crippen molar-refractivity contribution in [3.63, 3.8) is 0 Å². The number of aromatic nitrogens is 2. The van der Waals surface area contributed by atoms with Crippen LogP contribution in [0, 0.1) is 21.7 Å². The first-order chi connectivity index (χ1) is 12.0. The number of hydrogen-bond donors (Lipinski definition) is 0. The minimum absolute atomic E-state index is 0.0482. The molecule has 0 aliphatic carbocycles. The van der Waals surface area contributed by atoms with Gasteiger partial charge < -0.3 is 4.74 Å². The van der Waals surface area contributed by atoms with Crippen LogP contribution in [0.15, 0.2) is 42.7 Å². The lowest BCUT2D eigenvalue weighted by molar-refractivity contribution is -0.384. The quantitative estimate of drug-likeness (QED) is 0.401. The van der Waals surface area contributed by atoms with Crippen molar-refractivity contribution in [2.45, 2.75) is 0 Å². The van der Waals surface area contributed by atoms with Crippen LogP contribution in [0.4, 0.5) is 14.5 Å². The molecule has 0 atom stereocenters. The number of nitro benzene ring substituents is 1. The highest BCUT2D eigenvalue weighted by atomic mass is 19.2. The maximum atomic E-state index is 13.2. The molecule has 0 spiro atoms. The van der Waals surface area contributed by atoms with Crippen LogP contribution in [-0.4, -0.2) is 27.3 Å². The minimum atomic E-state index is -1.13. The predicted octanol–water partition coefficient (Wildman–Crippen LogP) is 3.08. The van der Waals surface area contributed by atoms with Gasteiger partial charge in [-0.1, -0.05) is 0 Å². The summed E-state index contributed by atoms with van der Waals surface area (Å²) >= 11 is 0. The zero-order valence-corrected chi connectivity index (χ0v) is 12.5. The van der Waals surface area contributed by atoms with Gasteiger partial charge in [-0.2, -0.15) is 0 Å². The van der Waals surface area contributed by atoms with Crippen molar-refractivity contribution >= 4 is 22.4 Å². The van der Waals surface area contributed by atoms with Crippen LogP contribution < -0.4 is 4.74 Å². The first kappa shape index (κ1) is 16.4. The molecule has 0 fully saturated rings. The average molecular weight is 345 g/mol. The van der Waals surface area contributed by atoms with Crippen LogP contribution in [0.2, 0.25) is 0 Å². The molecule has 0 radical (unpaired) electrons. The van der Waals surface area contributed by atoms with E-state index < -0.39 is 28.9 Å². The maximum absolute atomic E-state index is 13.2. The molecule has 0 unspecified atom stereocenters. The summed E-state index contributed by atoms with van der Waals surface area (Å²) in [4.78, 5) is 30.0. The molecule has 9 heteroatoms. The number of rotatable bonds is 5. The molecule has 3 rings (SSSR count). The predicted molar refractivity (Wildman–Crippen MR) is 82.4 cm³/mol. The Kier molecular flexibility index (Phi) is 4.29. The topological polar surface area (TPSA) is 95.2 Å². The van der Waals surface area contributed by atoms with Gasteiger partial charge in [0.25, 0.3) is 5.69 Å². The van der Waals surface area contributed by atoms with Crippen LogP contribution in [0.25, 0.3) is 10.9 Å². The van der Waals surface area contributed by atoms with Gasteiger partial charge in [0.05, 0.1) is 15.8 Å². The molecule has 0 bridgehead atoms. The van der Waals surface area contributed by atoms with Crippen LogP contribution in [-0.2, 0) is 0 Å². The van der Waals surface area contributed by atoms with E-state index >= 15 is 0 Å². The summed E-state index contributed by atoms with van der Waals surface area (Å²) in [5.74, 6) is -2.71. The van der Waals surface area contributed by atoms with E-state index in [1.807, 2.05) is 0 Å². The van der Waals surface area contributed by atoms with Crippen LogP contribution >= 0.6 is 0 Å². The molecule has 0 aliphatic rings. The molecule has 0 saturated heterocycles. The fraction of sp³-hybridized carbons (Fsp3) is 0.0625. The Balaban J connectivity index is 1.82. The fourth-order valence-electron chi connectivity index (χ4n) is 2.14. The third-order valence-electron chi connectivity index (χ3n) is 3.38. The lowest BCUT2D eigenvalue weighted by Gasteiger charge is -2.07. The largest absolute Gasteiger partial charge is 0.469 e. The monoisotopic (exact) mass is 345 g/mol. The second-order valence-corrected chi connectivity index (χ2v) is 4.98. The number of ketones is 1. The third-order valence-corrected chi connectivity index (χ3v) is 3.38. The molecule has 1 aromatic heterocycles. The van der Waals surface area contributed by atoms with E-state index in [0.717, 1.165) is 24.5 Å². The van der Waals surface area contributed by atoms with Crippen molar-refractivity contribution in [3.8, 4) is 5.88 Å². The lowest BCUT2D eigenvalue weighted by atomic mass is 10.1. The number of benzene rings is 2. The van der Waals surface area contributed by atoms with E-state index in [4.69, 9.17) is 4.74 Å². The summed E-state index contributed by atoms with van der Waals surface area (Å²) in [6.45, 7) is -0.464. The molecule has 3 aromatic rings. The van der Waals surface area contributed by atoms with Gasteiger partial charge in [0.1, 0.15) is 6.33 Å². The molecular weight excluding hydrogens is 336 g/mol. The third kappa shape index (κ3) is 3.39. The van der Waals surface area contributed by atoms with Crippen molar-refractivity contribution in [2.24, 2.45) is 0 Å². The van der Waals surface area contributed by atoms with E-state index in [2.05, 4.69) is 9.97 Å². The first-order valence-corrected chi connectivity index (χ1v) is 6.96. The van der Waals surface area contributed by atoms with E-state index in [1.165, 1.54) is 18.2 Å². The Labute approximate surface area is 139 Å². The minimum Gasteiger partial charge on any atom is -0.469 e. The van der Waals surface area contributed by atoms with Crippen molar-refractivity contribution in [1.29, 1.82) is 0 Å². The van der Waals surface area contributed by atoms with Gasteiger partial charge in [-0.05, 0) is 24.3 Å². The van der Waals surface area contributed by atoms with Crippen LogP contribution in [0.5, 0.6) is 5.88 Å². The number of hydrogen-bond acceptors (Lipinski definition) is 6. The van der Waals surface area contributed by atoms with Crippen molar-refractivity contribution in [3.05, 3.63) is 70.0 Å². The number of carbonyl (C=O) groups excluding carboxylic acids is 1. The molecule has 25 heavy (non-hydrogen) atoms. The zero-order chi connectivity index (χ0) is 18.0. The number of ether oxygens (including phenoxy) is 1. The molecule has 0 N–H and O–H groups in total. The summed E-state index contributed by atoms with van der Waals surface area (Å²) in [5.41, 5.74) is 0.0855. The SMILES string of the molecule is O=C(COc1ncnc2cc([N+](=O)[O-])ccc12)c1ccc(F)c(F)c1. The smallest absolute Gasteiger partial charge is 0.271 e. The van der Waals surface area contributed by atoms with Gasteiger partial charge >= 0.3 is 0 Å². The Morgan fingerprint density at radius 3 is 2.64 bits per heavy atom. The normalized spacial score (nSPS) is 10.6. The highest BCUT2D eigenvalue weighted by Crippen LogP contribution is 2.25. The summed E-state index contributed by atoms with van der Waals surface area (Å²) in [6.07, 6.45) is 1.14. The van der Waals surface area contributed by atoms with Gasteiger partial charge in [-0.3, -0.25) is 14.9 Å². The Morgan fingerprint density at radius 2 is 1.92 bits per heavy atom. The average Bonchev–Trinajstić information content (AvgIpc) is 2.61. The van der Waals surface area contributed by atoms with Gasteiger partial charge in [0.2, 0.25) is 5.88 Å². The standard InChI is InChI=1S/C16H9F2N3O4/c17-12-4-1-9(5-13(12)18)15(22)7-25-16-11-3-2-10(21(23)24)6-14(11)19-8-20-16/h1-6,8H,7H2. The van der Waals surface area contributed by atoms with Crippen LogP contribution in [0.3, 0.4) is 0 Å². The summed E-state index contributed by atoms with van der Waals surface area (Å²) in [7, 11) is 0. The molecular formula is C16H9F2N3O4. The van der Waals surface area contributed by atoms with E-state index in [1.54, 1.807) is 0 Å². The van der Waals surface area contributed by atoms with Crippen molar-refractivity contribution < 1.29 is 23.2 Å². The Morgan fingerprint density at radius 1 is 1.12 bits per heavy atom. The highest BCUT2D eigenvalue weighted by molar-refractivity contribution is 5.97. The molecule has 7 nitrogen and oxygen atoms in total. The Hall–Kier alpha value is -3.49. The molecule has 1 heterocycles. The number of non-ortho nitro benzene ring substituents is 1. The number of carbonyl (C=O) groups is 1. The number of nitro groups is 1. The highest BCUT2D eigenvalue weighted by Gasteiger charge is 2.14. The zero-order valence-electron chi connectivity index (χ0n) is 12.5. The molecule has 126 valence electrons. The lowest BCUT2D eigenvalue weighted by Crippen LogP contribution is -2.13. The van der Waals surface area contributed by atoms with Gasteiger partial charge in [0.15, 0.2) is 24.0 Å². The number of nitrogens with zero attached hydrogens (tertiary/aromatic N) is 3. The van der Waals surface area contributed by atoms with Gasteiger partial charge in [-0.15, -0.1) is 0 Å². The molecule has 0 amide bonds. The van der Waals surface area contributed by atoms with Crippen LogP contribution in [0.1, 0.15) is 10.4 Å². The Bertz CT molecular complexity index is 994. The number of Topliss-reactive ketones (excluding diaryl/α,β-unsaturated/α-hetero) is 1. The first-order valence-electron chi connectivity index (χ1n) is 6.96. The van der Waals surface area contributed by atoms with Gasteiger partial charge in [0, 0.05) is 17.7 Å². The van der Waals surface area contributed by atoms with Gasteiger partial charge in [-0.25, -0.2) is 18.7 Å². The summed E-state index contributed by atoms with van der Waals surface area (Å²) < 4.78 is 31.4. The van der Waals surface area contributed by atoms with E-state index in [0.29, 0.717) is 5.39 Å². The molecule has 0 aliphatic heterocycles. The number of halogens is 2. The van der Waals surface area contributed by atoms with E-state index in [-0.39, 0.29) is 22.6 Å². The summed E-state index contributed by atoms with van der Waals surface area (Å²) in [5, 5.41) is 11.2. The second-order valence-electron chi connectivity index (χ2n) is 4.98. The van der Waals surface area contributed by atoms with Crippen molar-refractivity contribution in [1.82, 2.24) is 9.97 Å². The number of fused-ring (bicyclic) bond motifs is 1. The maximum Gasteiger partial charge on any atom is 0.271 e. The molecule has 2 aromatic carbocycles. The van der Waals surface area contributed by atoms with E-state index in [9.17, 15) is 23.7 Å². The second kappa shape index (κ2) is 6.56.